The summed E-state index contributed by atoms with van der Waals surface area (Å²) in [5.74, 6) is 6.34. The summed E-state index contributed by atoms with van der Waals surface area (Å²) in [6.45, 7) is 0. The highest BCUT2D eigenvalue weighted by Crippen LogP contribution is 2.22. The fourth-order valence-corrected chi connectivity index (χ4v) is 2.01. The molecule has 18 heavy (non-hydrogen) atoms. The summed E-state index contributed by atoms with van der Waals surface area (Å²) < 4.78 is 5.37. The zero-order valence-electron chi connectivity index (χ0n) is 9.71. The third-order valence-electron chi connectivity index (χ3n) is 2.91. The number of hydrogen-bond donors (Lipinski definition) is 2. The number of hydrogen-bond acceptors (Lipinski definition) is 4. The van der Waals surface area contributed by atoms with Crippen molar-refractivity contribution in [1.29, 1.82) is 0 Å². The van der Waals surface area contributed by atoms with Crippen LogP contribution in [0.5, 0.6) is 0 Å². The first-order valence-corrected chi connectivity index (χ1v) is 5.74. The normalized spacial score (nSPS) is 12.7. The molecule has 4 heteroatoms. The van der Waals surface area contributed by atoms with E-state index in [0.717, 1.165) is 22.4 Å². The van der Waals surface area contributed by atoms with Crippen molar-refractivity contribution in [3.63, 3.8) is 0 Å². The maximum absolute atomic E-state index is 5.59. The quantitative estimate of drug-likeness (QED) is 0.544. The van der Waals surface area contributed by atoms with E-state index in [1.54, 1.807) is 6.26 Å². The fraction of sp³-hybridized carbons (Fsp3) is 0.0714. The molecular formula is C14H13N3O. The monoisotopic (exact) mass is 239 g/mol. The molecule has 90 valence electrons. The summed E-state index contributed by atoms with van der Waals surface area (Å²) in [6.07, 6.45) is 1.63. The topological polar surface area (TPSA) is 64.1 Å². The zero-order chi connectivity index (χ0) is 12.4. The van der Waals surface area contributed by atoms with E-state index in [1.807, 2.05) is 48.5 Å². The van der Waals surface area contributed by atoms with Crippen LogP contribution in [0.25, 0.3) is 10.9 Å². The van der Waals surface area contributed by atoms with Gasteiger partial charge in [0.1, 0.15) is 11.8 Å². The Balaban J connectivity index is 2.07. The lowest BCUT2D eigenvalue weighted by atomic mass is 10.1. The molecule has 0 aliphatic rings. The van der Waals surface area contributed by atoms with Gasteiger partial charge in [0, 0.05) is 5.39 Å². The van der Waals surface area contributed by atoms with Crippen molar-refractivity contribution in [2.75, 3.05) is 0 Å². The predicted molar refractivity (Wildman–Crippen MR) is 69.6 cm³/mol. The number of pyridine rings is 1. The third kappa shape index (κ3) is 1.88. The molecule has 3 aromatic rings. The summed E-state index contributed by atoms with van der Waals surface area (Å²) >= 11 is 0. The molecule has 1 aromatic carbocycles. The van der Waals surface area contributed by atoms with Crippen LogP contribution in [-0.4, -0.2) is 4.98 Å². The van der Waals surface area contributed by atoms with Gasteiger partial charge in [-0.1, -0.05) is 24.3 Å². The molecule has 0 saturated carbocycles. The van der Waals surface area contributed by atoms with Gasteiger partial charge >= 0.3 is 0 Å². The third-order valence-corrected chi connectivity index (χ3v) is 2.91. The molecule has 3 rings (SSSR count). The highest BCUT2D eigenvalue weighted by atomic mass is 16.3. The molecule has 2 heterocycles. The molecule has 0 aliphatic carbocycles. The van der Waals surface area contributed by atoms with Crippen LogP contribution in [-0.2, 0) is 0 Å². The number of hydrazine groups is 1. The molecule has 0 fully saturated rings. The average molecular weight is 239 g/mol. The highest BCUT2D eigenvalue weighted by molar-refractivity contribution is 5.78. The van der Waals surface area contributed by atoms with Crippen molar-refractivity contribution >= 4 is 10.9 Å². The van der Waals surface area contributed by atoms with E-state index in [0.29, 0.717) is 0 Å². The Morgan fingerprint density at radius 3 is 2.72 bits per heavy atom. The van der Waals surface area contributed by atoms with E-state index >= 15 is 0 Å². The van der Waals surface area contributed by atoms with Gasteiger partial charge in [-0.3, -0.25) is 10.8 Å². The first-order valence-electron chi connectivity index (χ1n) is 5.74. The van der Waals surface area contributed by atoms with E-state index in [1.165, 1.54) is 0 Å². The Morgan fingerprint density at radius 1 is 1.06 bits per heavy atom. The van der Waals surface area contributed by atoms with Gasteiger partial charge in [0.05, 0.1) is 17.5 Å². The van der Waals surface area contributed by atoms with Gasteiger partial charge in [0.2, 0.25) is 0 Å². The Morgan fingerprint density at radius 2 is 1.94 bits per heavy atom. The molecule has 0 bridgehead atoms. The van der Waals surface area contributed by atoms with Crippen LogP contribution in [0, 0.1) is 0 Å². The minimum absolute atomic E-state index is 0.232. The highest BCUT2D eigenvalue weighted by Gasteiger charge is 2.16. The van der Waals surface area contributed by atoms with Crippen LogP contribution in [0.15, 0.2) is 59.2 Å². The summed E-state index contributed by atoms with van der Waals surface area (Å²) in [4.78, 5) is 4.60. The Hall–Kier alpha value is -2.17. The molecule has 4 nitrogen and oxygen atoms in total. The number of nitrogens with two attached hydrogens (primary N) is 1. The second-order valence-corrected chi connectivity index (χ2v) is 4.04. The number of aromatic nitrogens is 1. The number of para-hydroxylation sites is 1. The molecule has 0 amide bonds. The minimum Gasteiger partial charge on any atom is -0.467 e. The van der Waals surface area contributed by atoms with Gasteiger partial charge in [0.25, 0.3) is 0 Å². The summed E-state index contributed by atoms with van der Waals surface area (Å²) in [6, 6.07) is 15.4. The van der Waals surface area contributed by atoms with Gasteiger partial charge in [-0.15, -0.1) is 0 Å². The van der Waals surface area contributed by atoms with Crippen molar-refractivity contribution in [2.45, 2.75) is 6.04 Å². The second-order valence-electron chi connectivity index (χ2n) is 4.04. The SMILES string of the molecule is NNC(c1ccc2ccccc2n1)c1ccco1. The number of nitrogens with one attached hydrogen (secondary N) is 1. The first kappa shape index (κ1) is 11.0. The summed E-state index contributed by atoms with van der Waals surface area (Å²) in [5.41, 5.74) is 4.51. The number of benzene rings is 1. The number of rotatable bonds is 3. The standard InChI is InChI=1S/C14H13N3O/c15-17-14(13-6-3-9-18-13)12-8-7-10-4-1-2-5-11(10)16-12/h1-9,14,17H,15H2. The van der Waals surface area contributed by atoms with E-state index in [9.17, 15) is 0 Å². The van der Waals surface area contributed by atoms with Gasteiger partial charge in [-0.25, -0.2) is 5.43 Å². The minimum atomic E-state index is -0.232. The van der Waals surface area contributed by atoms with E-state index in [2.05, 4.69) is 10.4 Å². The second kappa shape index (κ2) is 4.60. The molecule has 0 radical (unpaired) electrons. The molecule has 0 spiro atoms. The van der Waals surface area contributed by atoms with Crippen molar-refractivity contribution in [3.8, 4) is 0 Å². The van der Waals surface area contributed by atoms with Crippen molar-refractivity contribution in [3.05, 3.63) is 66.2 Å². The number of furan rings is 1. The maximum atomic E-state index is 5.59. The molecule has 3 N–H and O–H groups in total. The smallest absolute Gasteiger partial charge is 0.128 e. The fourth-order valence-electron chi connectivity index (χ4n) is 2.01. The van der Waals surface area contributed by atoms with Gasteiger partial charge in [-0.2, -0.15) is 0 Å². The van der Waals surface area contributed by atoms with Crippen molar-refractivity contribution in [1.82, 2.24) is 10.4 Å². The Kier molecular flexibility index (Phi) is 2.80. The van der Waals surface area contributed by atoms with Gasteiger partial charge < -0.3 is 4.42 Å². The van der Waals surface area contributed by atoms with Crippen LogP contribution in [0.2, 0.25) is 0 Å². The summed E-state index contributed by atoms with van der Waals surface area (Å²) in [5, 5.41) is 1.11. The largest absolute Gasteiger partial charge is 0.467 e. The average Bonchev–Trinajstić information content (AvgIpc) is 2.93. The van der Waals surface area contributed by atoms with Crippen LogP contribution in [0.3, 0.4) is 0 Å². The van der Waals surface area contributed by atoms with E-state index in [-0.39, 0.29) is 6.04 Å². The van der Waals surface area contributed by atoms with Crippen LogP contribution in [0.1, 0.15) is 17.5 Å². The predicted octanol–water partition coefficient (Wildman–Crippen LogP) is 2.38. The summed E-state index contributed by atoms with van der Waals surface area (Å²) in [7, 11) is 0. The number of nitrogens with zero attached hydrogens (tertiary/aromatic N) is 1. The van der Waals surface area contributed by atoms with E-state index in [4.69, 9.17) is 10.3 Å². The zero-order valence-corrected chi connectivity index (χ0v) is 9.71. The van der Waals surface area contributed by atoms with Crippen molar-refractivity contribution in [2.24, 2.45) is 5.84 Å². The molecule has 0 saturated heterocycles. The molecule has 2 aromatic heterocycles. The first-order chi connectivity index (χ1) is 8.88. The Bertz CT molecular complexity index is 649. The van der Waals surface area contributed by atoms with Crippen LogP contribution in [0.4, 0.5) is 0 Å². The lowest BCUT2D eigenvalue weighted by Gasteiger charge is -2.13. The lowest BCUT2D eigenvalue weighted by molar-refractivity contribution is 0.448. The maximum Gasteiger partial charge on any atom is 0.128 e. The van der Waals surface area contributed by atoms with Crippen LogP contribution >= 0.6 is 0 Å². The lowest BCUT2D eigenvalue weighted by Crippen LogP contribution is -2.29. The number of fused-ring (bicyclic) bond motifs is 1. The molecule has 0 aliphatic heterocycles. The van der Waals surface area contributed by atoms with Gasteiger partial charge in [-0.05, 0) is 24.3 Å². The van der Waals surface area contributed by atoms with E-state index < -0.39 is 0 Å². The molecule has 1 atom stereocenters. The van der Waals surface area contributed by atoms with Crippen LogP contribution < -0.4 is 11.3 Å². The van der Waals surface area contributed by atoms with Gasteiger partial charge in [0.15, 0.2) is 0 Å². The molecular weight excluding hydrogens is 226 g/mol. The van der Waals surface area contributed by atoms with Crippen molar-refractivity contribution < 1.29 is 4.42 Å². The molecule has 1 unspecified atom stereocenters. The Labute approximate surface area is 104 Å².